The summed E-state index contributed by atoms with van der Waals surface area (Å²) in [4.78, 5) is 8.81. The number of hydrogen-bond acceptors (Lipinski definition) is 3. The van der Waals surface area contributed by atoms with E-state index >= 15 is 0 Å². The van der Waals surface area contributed by atoms with Crippen LogP contribution in [0.3, 0.4) is 0 Å². The summed E-state index contributed by atoms with van der Waals surface area (Å²) >= 11 is 12.6. The van der Waals surface area contributed by atoms with E-state index in [4.69, 9.17) is 28.2 Å². The van der Waals surface area contributed by atoms with Crippen molar-refractivity contribution in [3.8, 4) is 11.3 Å². The summed E-state index contributed by atoms with van der Waals surface area (Å²) in [6.45, 7) is 0. The van der Waals surface area contributed by atoms with Crippen LogP contribution in [0.25, 0.3) is 22.2 Å². The molecule has 0 saturated carbocycles. The van der Waals surface area contributed by atoms with Gasteiger partial charge in [0.05, 0.1) is 26.9 Å². The van der Waals surface area contributed by atoms with E-state index in [9.17, 15) is 0 Å². The van der Waals surface area contributed by atoms with E-state index < -0.39 is 0 Å². The van der Waals surface area contributed by atoms with Crippen LogP contribution in [0.5, 0.6) is 0 Å². The van der Waals surface area contributed by atoms with Gasteiger partial charge >= 0.3 is 0 Å². The van der Waals surface area contributed by atoms with Crippen LogP contribution in [0.2, 0.25) is 10.0 Å². The first-order chi connectivity index (χ1) is 12.2. The third-order valence-corrected chi connectivity index (χ3v) is 4.72. The van der Waals surface area contributed by atoms with Gasteiger partial charge in [0, 0.05) is 29.0 Å². The summed E-state index contributed by atoms with van der Waals surface area (Å²) in [6, 6.07) is 19.4. The van der Waals surface area contributed by atoms with Crippen molar-refractivity contribution in [3.05, 3.63) is 83.1 Å². The lowest BCUT2D eigenvalue weighted by Crippen LogP contribution is -1.95. The molecule has 1 N–H and O–H groups in total. The van der Waals surface area contributed by atoms with Gasteiger partial charge in [-0.2, -0.15) is 0 Å². The molecule has 122 valence electrons. The Morgan fingerprint density at radius 1 is 0.840 bits per heavy atom. The molecule has 3 nitrogen and oxygen atoms in total. The number of nitrogens with zero attached hydrogens (tertiary/aromatic N) is 2. The van der Waals surface area contributed by atoms with Gasteiger partial charge < -0.3 is 5.32 Å². The summed E-state index contributed by atoms with van der Waals surface area (Å²) < 4.78 is 0. The second kappa shape index (κ2) is 6.71. The molecule has 0 aliphatic rings. The lowest BCUT2D eigenvalue weighted by molar-refractivity contribution is 1.32. The number of benzene rings is 2. The highest BCUT2D eigenvalue weighted by Gasteiger charge is 2.12. The fraction of sp³-hybridized carbons (Fsp3) is 0. The monoisotopic (exact) mass is 365 g/mol. The number of halogens is 2. The number of rotatable bonds is 3. The van der Waals surface area contributed by atoms with Gasteiger partial charge in [0.2, 0.25) is 0 Å². The van der Waals surface area contributed by atoms with Gasteiger partial charge in [-0.3, -0.25) is 4.98 Å². The van der Waals surface area contributed by atoms with Gasteiger partial charge in [-0.05, 0) is 30.3 Å². The van der Waals surface area contributed by atoms with Crippen molar-refractivity contribution in [2.24, 2.45) is 0 Å². The van der Waals surface area contributed by atoms with Crippen LogP contribution in [0.1, 0.15) is 0 Å². The topological polar surface area (TPSA) is 37.8 Å². The summed E-state index contributed by atoms with van der Waals surface area (Å²) in [5.74, 6) is 0. The fourth-order valence-corrected chi connectivity index (χ4v) is 3.11. The predicted molar refractivity (Wildman–Crippen MR) is 105 cm³/mol. The highest BCUT2D eigenvalue weighted by Crippen LogP contribution is 2.36. The maximum atomic E-state index is 6.39. The minimum Gasteiger partial charge on any atom is -0.355 e. The number of anilines is 2. The normalized spacial score (nSPS) is 10.8. The highest BCUT2D eigenvalue weighted by molar-refractivity contribution is 6.43. The molecule has 2 aromatic heterocycles. The number of fused-ring (bicyclic) bond motifs is 1. The zero-order valence-corrected chi connectivity index (χ0v) is 14.6. The van der Waals surface area contributed by atoms with Crippen molar-refractivity contribution in [2.75, 3.05) is 5.32 Å². The Kier molecular flexibility index (Phi) is 4.26. The summed E-state index contributed by atoms with van der Waals surface area (Å²) in [7, 11) is 0. The molecule has 0 unspecified atom stereocenters. The van der Waals surface area contributed by atoms with Crippen LogP contribution in [0, 0.1) is 0 Å². The number of para-hydroxylation sites is 1. The summed E-state index contributed by atoms with van der Waals surface area (Å²) in [6.07, 6.45) is 3.50. The van der Waals surface area contributed by atoms with Crippen LogP contribution >= 0.6 is 23.2 Å². The molecule has 0 spiro atoms. The molecule has 25 heavy (non-hydrogen) atoms. The zero-order chi connectivity index (χ0) is 17.2. The van der Waals surface area contributed by atoms with E-state index in [1.54, 1.807) is 18.5 Å². The molecule has 0 amide bonds. The minimum atomic E-state index is 0.502. The molecule has 4 rings (SSSR count). The van der Waals surface area contributed by atoms with Crippen LogP contribution in [-0.4, -0.2) is 9.97 Å². The van der Waals surface area contributed by atoms with Crippen molar-refractivity contribution in [2.45, 2.75) is 0 Å². The van der Waals surface area contributed by atoms with Gasteiger partial charge in [0.1, 0.15) is 0 Å². The maximum absolute atomic E-state index is 6.39. The Hall–Kier alpha value is -2.62. The molecule has 0 aliphatic heterocycles. The minimum absolute atomic E-state index is 0.502. The average Bonchev–Trinajstić information content (AvgIpc) is 2.65. The molecule has 0 radical (unpaired) electrons. The molecule has 2 heterocycles. The van der Waals surface area contributed by atoms with E-state index in [1.165, 1.54) is 0 Å². The van der Waals surface area contributed by atoms with Crippen molar-refractivity contribution in [1.82, 2.24) is 9.97 Å². The van der Waals surface area contributed by atoms with Crippen LogP contribution < -0.4 is 5.32 Å². The largest absolute Gasteiger partial charge is 0.355 e. The number of nitrogens with one attached hydrogen (secondary N) is 1. The molecule has 0 saturated heterocycles. The molecule has 2 aromatic carbocycles. The number of aromatic nitrogens is 2. The summed E-state index contributed by atoms with van der Waals surface area (Å²) in [5, 5.41) is 5.48. The second-order valence-corrected chi connectivity index (χ2v) is 6.32. The quantitative estimate of drug-likeness (QED) is 0.459. The van der Waals surface area contributed by atoms with Gasteiger partial charge in [-0.1, -0.05) is 53.5 Å². The Bertz CT molecular complexity index is 1050. The molecular weight excluding hydrogens is 353 g/mol. The standard InChI is InChI=1S/C20H13Cl2N3/c21-16-6-3-5-15(20(16)22)19-12-18(24-13-8-10-23-11-9-13)14-4-1-2-7-17(14)25-19/h1-12H,(H,23,24,25). The van der Waals surface area contributed by atoms with Gasteiger partial charge in [-0.25, -0.2) is 4.98 Å². The molecular formula is C20H13Cl2N3. The third kappa shape index (κ3) is 3.16. The SMILES string of the molecule is Clc1cccc(-c2cc(Nc3ccncc3)c3ccccc3n2)c1Cl. The third-order valence-electron chi connectivity index (χ3n) is 3.90. The van der Waals surface area contributed by atoms with E-state index in [0.717, 1.165) is 33.5 Å². The zero-order valence-electron chi connectivity index (χ0n) is 13.1. The fourth-order valence-electron chi connectivity index (χ4n) is 2.71. The maximum Gasteiger partial charge on any atom is 0.0745 e. The van der Waals surface area contributed by atoms with Gasteiger partial charge in [-0.15, -0.1) is 0 Å². The average molecular weight is 366 g/mol. The van der Waals surface area contributed by atoms with E-state index in [-0.39, 0.29) is 0 Å². The van der Waals surface area contributed by atoms with Gasteiger partial charge in [0.15, 0.2) is 0 Å². The molecule has 0 atom stereocenters. The lowest BCUT2D eigenvalue weighted by Gasteiger charge is -2.13. The number of pyridine rings is 2. The van der Waals surface area contributed by atoms with Crippen molar-refractivity contribution >= 4 is 45.5 Å². The first-order valence-electron chi connectivity index (χ1n) is 7.73. The Labute approximate surface area is 155 Å². The van der Waals surface area contributed by atoms with E-state index in [0.29, 0.717) is 10.0 Å². The van der Waals surface area contributed by atoms with Crippen molar-refractivity contribution in [1.29, 1.82) is 0 Å². The van der Waals surface area contributed by atoms with Crippen LogP contribution in [-0.2, 0) is 0 Å². The van der Waals surface area contributed by atoms with E-state index in [2.05, 4.69) is 10.3 Å². The summed E-state index contributed by atoms with van der Waals surface area (Å²) in [5.41, 5.74) is 4.35. The molecule has 5 heteroatoms. The molecule has 4 aromatic rings. The highest BCUT2D eigenvalue weighted by atomic mass is 35.5. The second-order valence-electron chi connectivity index (χ2n) is 5.53. The smallest absolute Gasteiger partial charge is 0.0745 e. The Morgan fingerprint density at radius 3 is 2.48 bits per heavy atom. The first kappa shape index (κ1) is 15.9. The lowest BCUT2D eigenvalue weighted by atomic mass is 10.1. The van der Waals surface area contributed by atoms with Crippen molar-refractivity contribution < 1.29 is 0 Å². The van der Waals surface area contributed by atoms with Gasteiger partial charge in [0.25, 0.3) is 0 Å². The van der Waals surface area contributed by atoms with Crippen LogP contribution in [0.15, 0.2) is 73.1 Å². The molecule has 0 aliphatic carbocycles. The van der Waals surface area contributed by atoms with Crippen LogP contribution in [0.4, 0.5) is 11.4 Å². The molecule has 0 bridgehead atoms. The van der Waals surface area contributed by atoms with E-state index in [1.807, 2.05) is 54.6 Å². The van der Waals surface area contributed by atoms with Crippen molar-refractivity contribution in [3.63, 3.8) is 0 Å². The predicted octanol–water partition coefficient (Wildman–Crippen LogP) is 6.35. The Balaban J connectivity index is 1.91. The first-order valence-corrected chi connectivity index (χ1v) is 8.49. The number of hydrogen-bond donors (Lipinski definition) is 1. The molecule has 0 fully saturated rings. The Morgan fingerprint density at radius 2 is 1.64 bits per heavy atom.